The van der Waals surface area contributed by atoms with Crippen molar-refractivity contribution in [1.29, 1.82) is 0 Å². The minimum Gasteiger partial charge on any atom is -0.347 e. The number of carbonyl (C=O) groups is 1. The number of hydrogen-bond acceptors (Lipinski definition) is 2. The van der Waals surface area contributed by atoms with E-state index in [4.69, 9.17) is 0 Å². The summed E-state index contributed by atoms with van der Waals surface area (Å²) in [5.74, 6) is 0.0449. The van der Waals surface area contributed by atoms with Crippen molar-refractivity contribution >= 4 is 5.91 Å². The van der Waals surface area contributed by atoms with Gasteiger partial charge in [0.2, 0.25) is 5.91 Å². The van der Waals surface area contributed by atoms with Crippen LogP contribution in [0, 0.1) is 0 Å². The van der Waals surface area contributed by atoms with Crippen LogP contribution in [0.15, 0.2) is 46.6 Å². The van der Waals surface area contributed by atoms with Crippen LogP contribution >= 0.6 is 0 Å². The normalized spacial score (nSPS) is 13.8. The highest BCUT2D eigenvalue weighted by Crippen LogP contribution is 2.20. The molecule has 0 fully saturated rings. The van der Waals surface area contributed by atoms with Gasteiger partial charge in [0.15, 0.2) is 0 Å². The van der Waals surface area contributed by atoms with Crippen molar-refractivity contribution in [2.24, 2.45) is 0 Å². The van der Waals surface area contributed by atoms with Gasteiger partial charge in [-0.05, 0) is 129 Å². The highest BCUT2D eigenvalue weighted by molar-refractivity contribution is 5.88. The predicted molar refractivity (Wildman–Crippen MR) is 179 cm³/mol. The van der Waals surface area contributed by atoms with Crippen LogP contribution in [0.4, 0.5) is 0 Å². The lowest BCUT2D eigenvalue weighted by molar-refractivity contribution is -0.965. The minimum atomic E-state index is 0.0449. The molecule has 0 aliphatic rings. The molecule has 0 aromatic rings. The molecule has 0 atom stereocenters. The largest absolute Gasteiger partial charge is 0.347 e. The molecule has 0 aromatic carbocycles. The molecule has 0 aliphatic heterocycles. The maximum absolute atomic E-state index is 12.7. The van der Waals surface area contributed by atoms with E-state index in [-0.39, 0.29) is 5.91 Å². The summed E-state index contributed by atoms with van der Waals surface area (Å²) in [7, 11) is 0. The molecule has 0 saturated heterocycles. The fourth-order valence-corrected chi connectivity index (χ4v) is 5.77. The Labute approximate surface area is 250 Å². The Morgan fingerprint density at radius 3 is 1.55 bits per heavy atom. The van der Waals surface area contributed by atoms with E-state index in [1.807, 2.05) is 0 Å². The summed E-state index contributed by atoms with van der Waals surface area (Å²) >= 11 is 0. The molecular formula is C36H68N3O+. The number of nitrogens with zero attached hydrogens (tertiary/aromatic N) is 2. The molecule has 4 heteroatoms. The highest BCUT2D eigenvalue weighted by Gasteiger charge is 2.35. The maximum atomic E-state index is 12.7. The van der Waals surface area contributed by atoms with E-state index in [1.54, 1.807) is 6.08 Å². The molecule has 0 bridgehead atoms. The topological polar surface area (TPSA) is 32.3 Å². The summed E-state index contributed by atoms with van der Waals surface area (Å²) in [6.07, 6.45) is 15.3. The van der Waals surface area contributed by atoms with Crippen molar-refractivity contribution in [3.63, 3.8) is 0 Å². The zero-order chi connectivity index (χ0) is 30.9. The first-order chi connectivity index (χ1) is 18.6. The first-order valence-electron chi connectivity index (χ1n) is 16.1. The van der Waals surface area contributed by atoms with Gasteiger partial charge in [-0.3, -0.25) is 9.69 Å². The van der Waals surface area contributed by atoms with E-state index in [9.17, 15) is 4.79 Å². The molecule has 1 amide bonds. The van der Waals surface area contributed by atoms with Crippen molar-refractivity contribution in [2.75, 3.05) is 26.2 Å². The first-order valence-corrected chi connectivity index (χ1v) is 16.1. The average molecular weight is 559 g/mol. The Morgan fingerprint density at radius 2 is 1.12 bits per heavy atom. The highest BCUT2D eigenvalue weighted by atomic mass is 16.1. The molecule has 0 aliphatic carbocycles. The second-order valence-corrected chi connectivity index (χ2v) is 13.4. The number of allylic oxidation sites excluding steroid dienone is 7. The Hall–Kier alpha value is -1.65. The van der Waals surface area contributed by atoms with Gasteiger partial charge in [-0.25, -0.2) is 0 Å². The quantitative estimate of drug-likeness (QED) is 0.0918. The smallest absolute Gasteiger partial charge is 0.244 e. The number of quaternary nitrogens is 1. The Bertz CT molecular complexity index is 822. The number of amides is 1. The van der Waals surface area contributed by atoms with Gasteiger partial charge in [-0.1, -0.05) is 40.5 Å². The SMILES string of the molecule is CC(C)=CCCC(C)=CCCC(C)=CCCC(C)=CC(=O)NCC[N+](CCN(C(C)C)C(C)C)(C(C)C)C(C)C. The Balaban J connectivity index is 4.78. The van der Waals surface area contributed by atoms with Gasteiger partial charge in [0.1, 0.15) is 0 Å². The number of carbonyl (C=O) groups excluding carboxylic acids is 1. The molecule has 1 N–H and O–H groups in total. The number of rotatable bonds is 20. The van der Waals surface area contributed by atoms with E-state index in [0.29, 0.717) is 30.7 Å². The zero-order valence-electron chi connectivity index (χ0n) is 29.0. The molecule has 0 rings (SSSR count). The molecule has 0 aromatic heterocycles. The molecule has 0 radical (unpaired) electrons. The van der Waals surface area contributed by atoms with Crippen molar-refractivity contribution in [3.8, 4) is 0 Å². The Morgan fingerprint density at radius 1 is 0.675 bits per heavy atom. The number of hydrogen-bond donors (Lipinski definition) is 1. The summed E-state index contributed by atoms with van der Waals surface area (Å²) in [5, 5.41) is 3.20. The monoisotopic (exact) mass is 559 g/mol. The standard InChI is InChI=1S/C36H67N3O/c1-28(2)17-14-18-33(11)19-15-20-34(12)21-16-22-35(13)27-36(40)37-23-25-39(31(7)8,32(9)10)26-24-38(29(3)4)30(5)6/h17,19,21,27,29-32H,14-16,18,20,22-26H2,1-13H3/p+1. The van der Waals surface area contributed by atoms with Gasteiger partial charge in [0.05, 0.1) is 31.7 Å². The van der Waals surface area contributed by atoms with Gasteiger partial charge in [0, 0.05) is 24.7 Å². The van der Waals surface area contributed by atoms with Crippen LogP contribution in [-0.4, -0.2) is 65.6 Å². The summed E-state index contributed by atoms with van der Waals surface area (Å²) in [6, 6.07) is 2.09. The third kappa shape index (κ3) is 16.0. The summed E-state index contributed by atoms with van der Waals surface area (Å²) < 4.78 is 1.02. The van der Waals surface area contributed by atoms with Gasteiger partial charge >= 0.3 is 0 Å². The van der Waals surface area contributed by atoms with Gasteiger partial charge < -0.3 is 9.80 Å². The van der Waals surface area contributed by atoms with Crippen LogP contribution in [0.1, 0.15) is 129 Å². The molecule has 0 heterocycles. The van der Waals surface area contributed by atoms with Crippen LogP contribution in [0.2, 0.25) is 0 Å². The maximum Gasteiger partial charge on any atom is 0.244 e. The summed E-state index contributed by atoms with van der Waals surface area (Å²) in [5.41, 5.74) is 5.48. The van der Waals surface area contributed by atoms with Crippen LogP contribution in [0.5, 0.6) is 0 Å². The molecular weight excluding hydrogens is 490 g/mol. The Kier molecular flexibility index (Phi) is 19.4. The minimum absolute atomic E-state index is 0.0449. The third-order valence-electron chi connectivity index (χ3n) is 8.52. The molecule has 0 spiro atoms. The van der Waals surface area contributed by atoms with Gasteiger partial charge in [0.25, 0.3) is 0 Å². The van der Waals surface area contributed by atoms with Crippen molar-refractivity contribution < 1.29 is 9.28 Å². The van der Waals surface area contributed by atoms with Crippen molar-refractivity contribution in [3.05, 3.63) is 46.6 Å². The summed E-state index contributed by atoms with van der Waals surface area (Å²) in [6.45, 7) is 33.2. The molecule has 0 unspecified atom stereocenters. The van der Waals surface area contributed by atoms with E-state index >= 15 is 0 Å². The first kappa shape index (κ1) is 38.4. The van der Waals surface area contributed by atoms with Crippen molar-refractivity contribution in [1.82, 2.24) is 10.2 Å². The van der Waals surface area contributed by atoms with Crippen LogP contribution < -0.4 is 5.32 Å². The lowest BCUT2D eigenvalue weighted by atomic mass is 10.0. The fraction of sp³-hybridized carbons (Fsp3) is 0.750. The fourth-order valence-electron chi connectivity index (χ4n) is 5.77. The van der Waals surface area contributed by atoms with Crippen LogP contribution in [0.25, 0.3) is 0 Å². The van der Waals surface area contributed by atoms with E-state index in [0.717, 1.165) is 68.2 Å². The molecule has 4 nitrogen and oxygen atoms in total. The van der Waals surface area contributed by atoms with E-state index in [1.165, 1.54) is 16.7 Å². The predicted octanol–water partition coefficient (Wildman–Crippen LogP) is 9.00. The second kappa shape index (κ2) is 20.3. The van der Waals surface area contributed by atoms with Crippen LogP contribution in [0.3, 0.4) is 0 Å². The summed E-state index contributed by atoms with van der Waals surface area (Å²) in [4.78, 5) is 15.3. The van der Waals surface area contributed by atoms with Gasteiger partial charge in [-0.2, -0.15) is 0 Å². The van der Waals surface area contributed by atoms with Crippen molar-refractivity contribution in [2.45, 2.75) is 153 Å². The molecule has 232 valence electrons. The lowest BCUT2D eigenvalue weighted by Crippen LogP contribution is -2.63. The van der Waals surface area contributed by atoms with E-state index < -0.39 is 0 Å². The lowest BCUT2D eigenvalue weighted by Gasteiger charge is -2.47. The van der Waals surface area contributed by atoms with Gasteiger partial charge in [-0.15, -0.1) is 0 Å². The zero-order valence-corrected chi connectivity index (χ0v) is 29.0. The third-order valence-corrected chi connectivity index (χ3v) is 8.52. The van der Waals surface area contributed by atoms with Crippen LogP contribution in [-0.2, 0) is 4.79 Å². The molecule has 0 saturated carbocycles. The number of nitrogens with one attached hydrogen (secondary N) is 1. The van der Waals surface area contributed by atoms with E-state index in [2.05, 4.69) is 118 Å². The second-order valence-electron chi connectivity index (χ2n) is 13.4. The average Bonchev–Trinajstić information content (AvgIpc) is 2.81. The molecule has 40 heavy (non-hydrogen) atoms.